The average Bonchev–Trinajstić information content (AvgIpc) is 2.52. The van der Waals surface area contributed by atoms with Crippen LogP contribution in [0.25, 0.3) is 0 Å². The summed E-state index contributed by atoms with van der Waals surface area (Å²) in [5, 5.41) is 0.484. The fourth-order valence-corrected chi connectivity index (χ4v) is 2.82. The number of halogens is 1. The highest BCUT2D eigenvalue weighted by molar-refractivity contribution is 6.30. The molecule has 0 bridgehead atoms. The van der Waals surface area contributed by atoms with Crippen LogP contribution in [0.5, 0.6) is 6.01 Å². The van der Waals surface area contributed by atoms with Crippen molar-refractivity contribution in [3.8, 4) is 6.01 Å². The van der Waals surface area contributed by atoms with Gasteiger partial charge in [0.15, 0.2) is 0 Å². The van der Waals surface area contributed by atoms with Crippen molar-refractivity contribution in [2.24, 2.45) is 0 Å². The number of nitrogens with zero attached hydrogens (tertiary/aromatic N) is 3. The predicted molar refractivity (Wildman–Crippen MR) is 92.4 cm³/mol. The van der Waals surface area contributed by atoms with Crippen molar-refractivity contribution < 1.29 is 14.3 Å². The van der Waals surface area contributed by atoms with E-state index in [1.165, 1.54) is 12.4 Å². The van der Waals surface area contributed by atoms with Gasteiger partial charge in [0.25, 0.3) is 0 Å². The number of amides is 1. The number of rotatable bonds is 5. The molecule has 7 heteroatoms. The van der Waals surface area contributed by atoms with E-state index < -0.39 is 5.60 Å². The van der Waals surface area contributed by atoms with E-state index in [-0.39, 0.29) is 12.1 Å². The number of hydrogen-bond donors (Lipinski definition) is 0. The summed E-state index contributed by atoms with van der Waals surface area (Å²) in [4.78, 5) is 22.2. The van der Waals surface area contributed by atoms with Gasteiger partial charge < -0.3 is 14.4 Å². The largest absolute Gasteiger partial charge is 0.463 e. The van der Waals surface area contributed by atoms with Crippen molar-refractivity contribution in [2.75, 3.05) is 13.2 Å². The van der Waals surface area contributed by atoms with Crippen LogP contribution < -0.4 is 4.74 Å². The SMILES string of the molecule is CC(C)(C)OC(=O)N1CCCC[C@H]1CCCOc1ncc(Cl)cn1. The monoisotopic (exact) mass is 355 g/mol. The first-order chi connectivity index (χ1) is 11.3. The average molecular weight is 356 g/mol. The van der Waals surface area contributed by atoms with Crippen LogP contribution in [0.2, 0.25) is 5.02 Å². The summed E-state index contributed by atoms with van der Waals surface area (Å²) in [5.41, 5.74) is -0.464. The minimum atomic E-state index is -0.464. The molecule has 2 heterocycles. The van der Waals surface area contributed by atoms with Gasteiger partial charge in [0.2, 0.25) is 0 Å². The Labute approximate surface area is 148 Å². The maximum absolute atomic E-state index is 12.4. The molecule has 2 rings (SSSR count). The lowest BCUT2D eigenvalue weighted by molar-refractivity contribution is 0.00820. The molecule has 1 fully saturated rings. The Bertz CT molecular complexity index is 531. The molecule has 0 unspecified atom stereocenters. The highest BCUT2D eigenvalue weighted by Crippen LogP contribution is 2.23. The Kier molecular flexibility index (Phi) is 6.66. The van der Waals surface area contributed by atoms with Crippen LogP contribution in [-0.4, -0.2) is 45.8 Å². The van der Waals surface area contributed by atoms with Gasteiger partial charge in [-0.05, 0) is 52.9 Å². The standard InChI is InChI=1S/C17H26ClN3O3/c1-17(2,3)24-16(22)21-9-5-4-7-14(21)8-6-10-23-15-19-11-13(18)12-20-15/h11-12,14H,4-10H2,1-3H3/t14-/m0/s1. The minimum Gasteiger partial charge on any atom is -0.463 e. The Balaban J connectivity index is 1.78. The van der Waals surface area contributed by atoms with Gasteiger partial charge in [0.1, 0.15) is 5.60 Å². The molecule has 1 aromatic rings. The number of ether oxygens (including phenoxy) is 2. The molecular weight excluding hydrogens is 330 g/mol. The van der Waals surface area contributed by atoms with Crippen molar-refractivity contribution >= 4 is 17.7 Å². The zero-order chi connectivity index (χ0) is 17.6. The van der Waals surface area contributed by atoms with Crippen molar-refractivity contribution in [3.63, 3.8) is 0 Å². The molecule has 0 N–H and O–H groups in total. The maximum Gasteiger partial charge on any atom is 0.410 e. The quantitative estimate of drug-likeness (QED) is 0.744. The summed E-state index contributed by atoms with van der Waals surface area (Å²) in [6, 6.07) is 0.537. The molecule has 1 aromatic heterocycles. The zero-order valence-electron chi connectivity index (χ0n) is 14.6. The van der Waals surface area contributed by atoms with Crippen LogP contribution in [0.15, 0.2) is 12.4 Å². The Morgan fingerprint density at radius 3 is 2.71 bits per heavy atom. The van der Waals surface area contributed by atoms with Crippen LogP contribution in [0, 0.1) is 0 Å². The third kappa shape index (κ3) is 6.15. The summed E-state index contributed by atoms with van der Waals surface area (Å²) < 4.78 is 11.0. The topological polar surface area (TPSA) is 64.5 Å². The van der Waals surface area contributed by atoms with E-state index >= 15 is 0 Å². The van der Waals surface area contributed by atoms with Crippen molar-refractivity contribution in [3.05, 3.63) is 17.4 Å². The van der Waals surface area contributed by atoms with Gasteiger partial charge in [-0.25, -0.2) is 14.8 Å². The normalized spacial score (nSPS) is 18.3. The van der Waals surface area contributed by atoms with Crippen molar-refractivity contribution in [1.29, 1.82) is 0 Å². The van der Waals surface area contributed by atoms with Crippen LogP contribution >= 0.6 is 11.6 Å². The second-order valence-corrected chi connectivity index (χ2v) is 7.43. The third-order valence-electron chi connectivity index (χ3n) is 3.76. The summed E-state index contributed by atoms with van der Waals surface area (Å²) in [5.74, 6) is 0. The lowest BCUT2D eigenvalue weighted by Gasteiger charge is -2.36. The van der Waals surface area contributed by atoms with E-state index in [0.29, 0.717) is 17.6 Å². The lowest BCUT2D eigenvalue weighted by atomic mass is 9.98. The zero-order valence-corrected chi connectivity index (χ0v) is 15.4. The predicted octanol–water partition coefficient (Wildman–Crippen LogP) is 4.08. The molecule has 0 saturated carbocycles. The molecule has 1 aliphatic heterocycles. The van der Waals surface area contributed by atoms with Crippen LogP contribution in [-0.2, 0) is 4.74 Å². The van der Waals surface area contributed by atoms with Crippen LogP contribution in [0.3, 0.4) is 0 Å². The first-order valence-electron chi connectivity index (χ1n) is 8.45. The number of carbonyl (C=O) groups is 1. The van der Waals surface area contributed by atoms with E-state index in [9.17, 15) is 4.79 Å². The molecule has 1 amide bonds. The first-order valence-corrected chi connectivity index (χ1v) is 8.83. The molecule has 0 radical (unpaired) electrons. The number of carbonyl (C=O) groups excluding carboxylic acids is 1. The fourth-order valence-electron chi connectivity index (χ4n) is 2.72. The Hall–Kier alpha value is -1.56. The number of hydrogen-bond acceptors (Lipinski definition) is 5. The van der Waals surface area contributed by atoms with Crippen LogP contribution in [0.1, 0.15) is 52.9 Å². The molecule has 24 heavy (non-hydrogen) atoms. The third-order valence-corrected chi connectivity index (χ3v) is 3.96. The van der Waals surface area contributed by atoms with E-state index in [1.54, 1.807) is 0 Å². The summed E-state index contributed by atoms with van der Waals surface area (Å²) in [7, 11) is 0. The molecule has 1 atom stereocenters. The number of aromatic nitrogens is 2. The second kappa shape index (κ2) is 8.51. The lowest BCUT2D eigenvalue weighted by Crippen LogP contribution is -2.46. The number of likely N-dealkylation sites (tertiary alicyclic amines) is 1. The highest BCUT2D eigenvalue weighted by atomic mass is 35.5. The Morgan fingerprint density at radius 1 is 1.33 bits per heavy atom. The van der Waals surface area contributed by atoms with Gasteiger partial charge in [-0.2, -0.15) is 0 Å². The smallest absolute Gasteiger partial charge is 0.410 e. The van der Waals surface area contributed by atoms with Crippen molar-refractivity contribution in [2.45, 2.75) is 64.5 Å². The molecule has 1 aliphatic rings. The maximum atomic E-state index is 12.4. The van der Waals surface area contributed by atoms with Gasteiger partial charge in [-0.1, -0.05) is 11.6 Å². The van der Waals surface area contributed by atoms with Gasteiger partial charge in [0.05, 0.1) is 24.0 Å². The molecule has 6 nitrogen and oxygen atoms in total. The molecule has 0 aliphatic carbocycles. The van der Waals surface area contributed by atoms with Gasteiger partial charge in [-0.15, -0.1) is 0 Å². The molecule has 0 aromatic carbocycles. The van der Waals surface area contributed by atoms with E-state index in [4.69, 9.17) is 21.1 Å². The molecule has 134 valence electrons. The summed E-state index contributed by atoms with van der Waals surface area (Å²) in [6.07, 6.45) is 7.70. The van der Waals surface area contributed by atoms with E-state index in [2.05, 4.69) is 9.97 Å². The van der Waals surface area contributed by atoms with Crippen LogP contribution in [0.4, 0.5) is 4.79 Å². The molecule has 0 spiro atoms. The van der Waals surface area contributed by atoms with E-state index in [1.807, 2.05) is 25.7 Å². The second-order valence-electron chi connectivity index (χ2n) is 7.00. The minimum absolute atomic E-state index is 0.211. The summed E-state index contributed by atoms with van der Waals surface area (Å²) >= 11 is 5.74. The highest BCUT2D eigenvalue weighted by Gasteiger charge is 2.30. The van der Waals surface area contributed by atoms with E-state index in [0.717, 1.165) is 38.6 Å². The summed E-state index contributed by atoms with van der Waals surface area (Å²) in [6.45, 7) is 6.96. The molecule has 1 saturated heterocycles. The molecular formula is C17H26ClN3O3. The first kappa shape index (κ1) is 18.8. The van der Waals surface area contributed by atoms with Gasteiger partial charge in [0, 0.05) is 12.6 Å². The Morgan fingerprint density at radius 2 is 2.04 bits per heavy atom. The van der Waals surface area contributed by atoms with Gasteiger partial charge >= 0.3 is 12.1 Å². The van der Waals surface area contributed by atoms with Crippen molar-refractivity contribution in [1.82, 2.24) is 14.9 Å². The van der Waals surface area contributed by atoms with Gasteiger partial charge in [-0.3, -0.25) is 0 Å². The number of piperidine rings is 1. The fraction of sp³-hybridized carbons (Fsp3) is 0.706.